The largest absolute Gasteiger partial charge is 0.463 e. The van der Waals surface area contributed by atoms with E-state index in [0.717, 1.165) is 6.42 Å². The summed E-state index contributed by atoms with van der Waals surface area (Å²) in [5.74, 6) is 0.308. The summed E-state index contributed by atoms with van der Waals surface area (Å²) >= 11 is 0. The smallest absolute Gasteiger partial charge is 0.388 e. The van der Waals surface area contributed by atoms with Crippen molar-refractivity contribution in [3.05, 3.63) is 5.32 Å². The number of alkyl halides is 3. The summed E-state index contributed by atoms with van der Waals surface area (Å²) < 4.78 is 35.8. The molecule has 0 saturated heterocycles. The minimum absolute atomic E-state index is 0. The van der Waals surface area contributed by atoms with E-state index in [1.54, 1.807) is 0 Å². The number of aliphatic imine (C=N–C) groups is 1. The molecule has 0 aliphatic heterocycles. The molecule has 0 rings (SSSR count). The van der Waals surface area contributed by atoms with Gasteiger partial charge in [-0.1, -0.05) is 40.0 Å². The van der Waals surface area contributed by atoms with E-state index in [1.807, 2.05) is 27.7 Å². The van der Waals surface area contributed by atoms with Gasteiger partial charge < -0.3 is 10.3 Å². The summed E-state index contributed by atoms with van der Waals surface area (Å²) in [5, 5.41) is 3.50. The van der Waals surface area contributed by atoms with Crippen molar-refractivity contribution in [3.63, 3.8) is 0 Å². The molecule has 0 fully saturated rings. The zero-order chi connectivity index (χ0) is 12.1. The van der Waals surface area contributed by atoms with Crippen molar-refractivity contribution in [1.82, 2.24) is 0 Å². The number of halogens is 3. The molecule has 0 unspecified atom stereocenters. The number of rotatable bonds is 3. The molecule has 0 bridgehead atoms. The van der Waals surface area contributed by atoms with Gasteiger partial charge in [-0.25, -0.2) is 0 Å². The zero-order valence-electron chi connectivity index (χ0n) is 10.4. The molecular formula is C10H18F3N2Zn-. The Labute approximate surface area is 108 Å². The molecule has 0 atom stereocenters. The standard InChI is InChI=1S/C10H18F3N2.Zn/c1-5-6-8(15-9(2,3)4)14-7-10(11,12)13;/h5-7H2,1-4H3;/q-1;. The predicted molar refractivity (Wildman–Crippen MR) is 56.4 cm³/mol. The summed E-state index contributed by atoms with van der Waals surface area (Å²) in [6.07, 6.45) is -3.00. The maximum atomic E-state index is 11.9. The minimum Gasteiger partial charge on any atom is -0.463 e. The van der Waals surface area contributed by atoms with Crippen molar-refractivity contribution in [2.75, 3.05) is 6.54 Å². The van der Waals surface area contributed by atoms with Gasteiger partial charge in [-0.05, 0) is 12.0 Å². The van der Waals surface area contributed by atoms with E-state index in [9.17, 15) is 13.2 Å². The fourth-order valence-corrected chi connectivity index (χ4v) is 0.962. The van der Waals surface area contributed by atoms with Crippen LogP contribution in [0.4, 0.5) is 13.2 Å². The van der Waals surface area contributed by atoms with Crippen LogP contribution in [0.15, 0.2) is 4.99 Å². The van der Waals surface area contributed by atoms with Crippen LogP contribution >= 0.6 is 0 Å². The molecule has 0 amide bonds. The Hall–Kier alpha value is -0.117. The Balaban J connectivity index is 0. The average Bonchev–Trinajstić information content (AvgIpc) is 1.96. The minimum atomic E-state index is -4.24. The second-order valence-corrected chi connectivity index (χ2v) is 4.38. The Morgan fingerprint density at radius 3 is 2.00 bits per heavy atom. The molecule has 0 spiro atoms. The van der Waals surface area contributed by atoms with Crippen LogP contribution in [0.3, 0.4) is 0 Å². The van der Waals surface area contributed by atoms with Crippen molar-refractivity contribution in [3.8, 4) is 0 Å². The van der Waals surface area contributed by atoms with Gasteiger partial charge in [0.2, 0.25) is 0 Å². The van der Waals surface area contributed by atoms with Crippen molar-refractivity contribution in [1.29, 1.82) is 0 Å². The second-order valence-electron chi connectivity index (χ2n) is 4.38. The molecule has 16 heavy (non-hydrogen) atoms. The Bertz CT molecular complexity index is 219. The molecule has 0 aliphatic carbocycles. The fraction of sp³-hybridized carbons (Fsp3) is 0.900. The second kappa shape index (κ2) is 7.26. The van der Waals surface area contributed by atoms with Crippen LogP contribution in [-0.2, 0) is 19.5 Å². The van der Waals surface area contributed by atoms with Crippen LogP contribution in [0.25, 0.3) is 5.32 Å². The molecule has 92 valence electrons. The van der Waals surface area contributed by atoms with Crippen molar-refractivity contribution in [2.45, 2.75) is 52.3 Å². The van der Waals surface area contributed by atoms with Gasteiger partial charge in [-0.3, -0.25) is 0 Å². The van der Waals surface area contributed by atoms with Gasteiger partial charge in [0.15, 0.2) is 0 Å². The molecular weight excluding hydrogens is 271 g/mol. The topological polar surface area (TPSA) is 26.5 Å². The Morgan fingerprint density at radius 2 is 1.69 bits per heavy atom. The van der Waals surface area contributed by atoms with Gasteiger partial charge in [-0.15, -0.1) is 0 Å². The number of nitrogens with zero attached hydrogens (tertiary/aromatic N) is 2. The van der Waals surface area contributed by atoms with Gasteiger partial charge in [-0.2, -0.15) is 13.2 Å². The van der Waals surface area contributed by atoms with E-state index >= 15 is 0 Å². The van der Waals surface area contributed by atoms with Gasteiger partial charge >= 0.3 is 6.18 Å². The molecule has 0 aromatic rings. The maximum absolute atomic E-state index is 11.9. The van der Waals surface area contributed by atoms with E-state index in [-0.39, 0.29) is 25.0 Å². The SMILES string of the molecule is CCCC(=NC(C)(C)C)[N-]CC(F)(F)F.[Zn]. The predicted octanol–water partition coefficient (Wildman–Crippen LogP) is 3.92. The quantitative estimate of drug-likeness (QED) is 0.427. The first-order valence-electron chi connectivity index (χ1n) is 4.97. The van der Waals surface area contributed by atoms with Crippen LogP contribution in [0, 0.1) is 0 Å². The molecule has 0 N–H and O–H groups in total. The normalized spacial score (nSPS) is 13.3. The Kier molecular flexibility index (Phi) is 8.28. The van der Waals surface area contributed by atoms with E-state index in [1.165, 1.54) is 0 Å². The first kappa shape index (κ1) is 18.3. The van der Waals surface area contributed by atoms with E-state index in [0.29, 0.717) is 12.3 Å². The molecule has 0 aromatic heterocycles. The molecule has 0 aliphatic rings. The van der Waals surface area contributed by atoms with Gasteiger partial charge in [0.25, 0.3) is 0 Å². The molecule has 0 heterocycles. The number of hydrogen-bond donors (Lipinski definition) is 0. The summed E-state index contributed by atoms with van der Waals surface area (Å²) in [6, 6.07) is 0. The van der Waals surface area contributed by atoms with Crippen LogP contribution < -0.4 is 0 Å². The molecule has 0 aromatic carbocycles. The third-order valence-electron chi connectivity index (χ3n) is 1.38. The van der Waals surface area contributed by atoms with Gasteiger partial charge in [0, 0.05) is 26.0 Å². The van der Waals surface area contributed by atoms with Gasteiger partial charge in [0.05, 0.1) is 0 Å². The third kappa shape index (κ3) is 12.0. The zero-order valence-corrected chi connectivity index (χ0v) is 13.3. The fourth-order valence-electron chi connectivity index (χ4n) is 0.962. The molecule has 0 radical (unpaired) electrons. The first-order chi connectivity index (χ1) is 6.64. The summed E-state index contributed by atoms with van der Waals surface area (Å²) in [6.45, 7) is 6.27. The summed E-state index contributed by atoms with van der Waals surface area (Å²) in [5.41, 5.74) is -0.375. The number of amidine groups is 1. The first-order valence-corrected chi connectivity index (χ1v) is 4.97. The van der Waals surface area contributed by atoms with Crippen molar-refractivity contribution in [2.24, 2.45) is 4.99 Å². The van der Waals surface area contributed by atoms with Crippen LogP contribution in [0.2, 0.25) is 0 Å². The number of hydrogen-bond acceptors (Lipinski definition) is 1. The van der Waals surface area contributed by atoms with Crippen LogP contribution in [0.1, 0.15) is 40.5 Å². The molecule has 0 saturated carbocycles. The maximum Gasteiger partial charge on any atom is 0.388 e. The summed E-state index contributed by atoms with van der Waals surface area (Å²) in [4.78, 5) is 4.15. The van der Waals surface area contributed by atoms with E-state index in [2.05, 4.69) is 10.3 Å². The molecule has 2 nitrogen and oxygen atoms in total. The molecule has 6 heteroatoms. The van der Waals surface area contributed by atoms with Crippen LogP contribution in [0.5, 0.6) is 0 Å². The van der Waals surface area contributed by atoms with Crippen LogP contribution in [-0.4, -0.2) is 24.1 Å². The third-order valence-corrected chi connectivity index (χ3v) is 1.38. The van der Waals surface area contributed by atoms with E-state index in [4.69, 9.17) is 0 Å². The van der Waals surface area contributed by atoms with Crippen molar-refractivity contribution >= 4 is 5.84 Å². The van der Waals surface area contributed by atoms with E-state index < -0.39 is 12.7 Å². The summed E-state index contributed by atoms with van der Waals surface area (Å²) in [7, 11) is 0. The average molecular weight is 289 g/mol. The van der Waals surface area contributed by atoms with Gasteiger partial charge in [0.1, 0.15) is 0 Å². The Morgan fingerprint density at radius 1 is 1.19 bits per heavy atom. The monoisotopic (exact) mass is 287 g/mol. The van der Waals surface area contributed by atoms with Crippen molar-refractivity contribution < 1.29 is 32.6 Å².